The van der Waals surface area contributed by atoms with Crippen LogP contribution in [0.3, 0.4) is 0 Å². The number of thioether (sulfide) groups is 1. The van der Waals surface area contributed by atoms with E-state index >= 15 is 0 Å². The number of hydrogen-bond acceptors (Lipinski definition) is 5. The quantitative estimate of drug-likeness (QED) is 0.243. The maximum atomic E-state index is 12.8. The summed E-state index contributed by atoms with van der Waals surface area (Å²) >= 11 is 15.7. The van der Waals surface area contributed by atoms with Crippen molar-refractivity contribution in [2.24, 2.45) is 4.99 Å². The van der Waals surface area contributed by atoms with Crippen LogP contribution in [0.15, 0.2) is 40.2 Å². The van der Waals surface area contributed by atoms with Gasteiger partial charge in [0.25, 0.3) is 5.91 Å². The SMILES string of the molecule is CCN=C1S/C(=C\c2cc(I)c(OCc3ccc(Cl)c(Cl)c3)c(OCC)c2)C(=O)N1CC. The van der Waals surface area contributed by atoms with E-state index in [1.807, 2.05) is 45.0 Å². The largest absolute Gasteiger partial charge is 0.490 e. The first-order chi connectivity index (χ1) is 15.4. The first kappa shape index (κ1) is 25.2. The number of hydrogen-bond donors (Lipinski definition) is 0. The predicted octanol–water partition coefficient (Wildman–Crippen LogP) is 6.89. The Morgan fingerprint density at radius 3 is 2.56 bits per heavy atom. The molecule has 1 aliphatic rings. The zero-order chi connectivity index (χ0) is 23.3. The third-order valence-electron chi connectivity index (χ3n) is 4.49. The van der Waals surface area contributed by atoms with Crippen LogP contribution < -0.4 is 9.47 Å². The molecule has 170 valence electrons. The van der Waals surface area contributed by atoms with Crippen molar-refractivity contribution in [3.8, 4) is 11.5 Å². The van der Waals surface area contributed by atoms with Crippen LogP contribution in [-0.4, -0.2) is 35.7 Å². The van der Waals surface area contributed by atoms with Crippen molar-refractivity contribution in [2.45, 2.75) is 27.4 Å². The second kappa shape index (κ2) is 11.6. The van der Waals surface area contributed by atoms with E-state index < -0.39 is 0 Å². The van der Waals surface area contributed by atoms with Gasteiger partial charge in [-0.3, -0.25) is 14.7 Å². The Kier molecular flexibility index (Phi) is 9.16. The van der Waals surface area contributed by atoms with Crippen LogP contribution >= 0.6 is 57.6 Å². The molecule has 1 aliphatic heterocycles. The van der Waals surface area contributed by atoms with Gasteiger partial charge in [-0.1, -0.05) is 29.3 Å². The van der Waals surface area contributed by atoms with Crippen molar-refractivity contribution in [2.75, 3.05) is 19.7 Å². The van der Waals surface area contributed by atoms with Gasteiger partial charge in [-0.2, -0.15) is 0 Å². The number of amides is 1. The highest BCUT2D eigenvalue weighted by Crippen LogP contribution is 2.38. The molecule has 0 saturated carbocycles. The summed E-state index contributed by atoms with van der Waals surface area (Å²) in [5, 5.41) is 1.73. The molecule has 1 fully saturated rings. The maximum Gasteiger partial charge on any atom is 0.266 e. The molecule has 5 nitrogen and oxygen atoms in total. The van der Waals surface area contributed by atoms with Gasteiger partial charge in [0.1, 0.15) is 6.61 Å². The van der Waals surface area contributed by atoms with Gasteiger partial charge in [0.15, 0.2) is 16.7 Å². The second-order valence-corrected chi connectivity index (χ2v) is 9.70. The summed E-state index contributed by atoms with van der Waals surface area (Å²) in [7, 11) is 0. The van der Waals surface area contributed by atoms with Gasteiger partial charge >= 0.3 is 0 Å². The van der Waals surface area contributed by atoms with Crippen molar-refractivity contribution in [3.63, 3.8) is 0 Å². The summed E-state index contributed by atoms with van der Waals surface area (Å²) in [6, 6.07) is 9.27. The molecule has 1 saturated heterocycles. The minimum absolute atomic E-state index is 0.0300. The summed E-state index contributed by atoms with van der Waals surface area (Å²) in [5.74, 6) is 1.24. The number of halogens is 3. The lowest BCUT2D eigenvalue weighted by Crippen LogP contribution is -2.28. The lowest BCUT2D eigenvalue weighted by Gasteiger charge is -2.15. The molecule has 3 rings (SSSR count). The smallest absolute Gasteiger partial charge is 0.266 e. The van der Waals surface area contributed by atoms with Crippen LogP contribution in [0.4, 0.5) is 0 Å². The summed E-state index contributed by atoms with van der Waals surface area (Å²) in [6.07, 6.45) is 1.88. The van der Waals surface area contributed by atoms with Crippen molar-refractivity contribution in [1.29, 1.82) is 0 Å². The Labute approximate surface area is 216 Å². The minimum Gasteiger partial charge on any atom is -0.490 e. The maximum absolute atomic E-state index is 12.8. The average Bonchev–Trinajstić information content (AvgIpc) is 3.04. The molecule has 0 bridgehead atoms. The van der Waals surface area contributed by atoms with Gasteiger partial charge in [-0.15, -0.1) is 0 Å². The number of benzene rings is 2. The Morgan fingerprint density at radius 2 is 1.91 bits per heavy atom. The molecule has 1 amide bonds. The normalized spacial score (nSPS) is 16.3. The van der Waals surface area contributed by atoms with E-state index in [2.05, 4.69) is 27.6 Å². The Balaban J connectivity index is 1.88. The highest BCUT2D eigenvalue weighted by atomic mass is 127. The van der Waals surface area contributed by atoms with Crippen LogP contribution in [0, 0.1) is 3.57 Å². The lowest BCUT2D eigenvalue weighted by atomic mass is 10.1. The molecule has 2 aromatic carbocycles. The third kappa shape index (κ3) is 5.92. The molecule has 9 heteroatoms. The molecule has 1 heterocycles. The number of carbonyl (C=O) groups excluding carboxylic acids is 1. The molecular weight excluding hydrogens is 582 g/mol. The zero-order valence-corrected chi connectivity index (χ0v) is 22.4. The number of likely N-dealkylation sites (N-methyl/N-ethyl adjacent to an activating group) is 1. The summed E-state index contributed by atoms with van der Waals surface area (Å²) in [5.41, 5.74) is 1.77. The van der Waals surface area contributed by atoms with Crippen LogP contribution in [0.2, 0.25) is 10.0 Å². The number of ether oxygens (including phenoxy) is 2. The van der Waals surface area contributed by atoms with E-state index in [-0.39, 0.29) is 5.91 Å². The molecule has 0 unspecified atom stereocenters. The number of aliphatic imine (C=N–C) groups is 1. The van der Waals surface area contributed by atoms with E-state index in [4.69, 9.17) is 32.7 Å². The Morgan fingerprint density at radius 1 is 1.12 bits per heavy atom. The number of nitrogens with zero attached hydrogens (tertiary/aromatic N) is 2. The third-order valence-corrected chi connectivity index (χ3v) is 7.08. The highest BCUT2D eigenvalue weighted by molar-refractivity contribution is 14.1. The fourth-order valence-corrected chi connectivity index (χ4v) is 5.26. The van der Waals surface area contributed by atoms with E-state index in [9.17, 15) is 4.79 Å². The fourth-order valence-electron chi connectivity index (χ4n) is 3.05. The van der Waals surface area contributed by atoms with Crippen molar-refractivity contribution in [1.82, 2.24) is 4.90 Å². The average molecular weight is 605 g/mol. The van der Waals surface area contributed by atoms with Crippen LogP contribution in [0.1, 0.15) is 31.9 Å². The zero-order valence-electron chi connectivity index (χ0n) is 18.0. The molecule has 0 atom stereocenters. The van der Waals surface area contributed by atoms with Crippen LogP contribution in [0.25, 0.3) is 6.08 Å². The molecule has 0 aliphatic carbocycles. The van der Waals surface area contributed by atoms with E-state index in [1.165, 1.54) is 11.8 Å². The molecule has 2 aromatic rings. The van der Waals surface area contributed by atoms with Crippen molar-refractivity contribution < 1.29 is 14.3 Å². The highest BCUT2D eigenvalue weighted by Gasteiger charge is 2.32. The van der Waals surface area contributed by atoms with Gasteiger partial charge < -0.3 is 9.47 Å². The van der Waals surface area contributed by atoms with E-state index in [0.29, 0.717) is 52.8 Å². The molecular formula is C23H23Cl2IN2O3S. The second-order valence-electron chi connectivity index (χ2n) is 6.72. The van der Waals surface area contributed by atoms with Crippen LogP contribution in [-0.2, 0) is 11.4 Å². The molecule has 0 radical (unpaired) electrons. The summed E-state index contributed by atoms with van der Waals surface area (Å²) < 4.78 is 12.8. The molecule has 32 heavy (non-hydrogen) atoms. The number of amidine groups is 1. The van der Waals surface area contributed by atoms with Crippen molar-refractivity contribution in [3.05, 3.63) is 60.0 Å². The minimum atomic E-state index is -0.0300. The van der Waals surface area contributed by atoms with Crippen molar-refractivity contribution >= 4 is 74.7 Å². The predicted molar refractivity (Wildman–Crippen MR) is 142 cm³/mol. The molecule has 0 spiro atoms. The standard InChI is InChI=1S/C23H23Cl2IN2O3S/c1-4-27-23-28(5-2)22(29)20(32-23)12-15-10-18(26)21(19(11-15)30-6-3)31-13-14-7-8-16(24)17(25)9-14/h7-12H,4-6,13H2,1-3H3/b20-12-,27-23?. The van der Waals surface area contributed by atoms with E-state index in [0.717, 1.165) is 19.9 Å². The monoisotopic (exact) mass is 604 g/mol. The summed E-state index contributed by atoms with van der Waals surface area (Å²) in [4.78, 5) is 19.6. The summed E-state index contributed by atoms with van der Waals surface area (Å²) in [6.45, 7) is 7.86. The van der Waals surface area contributed by atoms with Gasteiger partial charge in [-0.25, -0.2) is 0 Å². The topological polar surface area (TPSA) is 51.1 Å². The number of rotatable bonds is 8. The van der Waals surface area contributed by atoms with Gasteiger partial charge in [-0.05, 0) is 96.6 Å². The van der Waals surface area contributed by atoms with E-state index in [1.54, 1.807) is 17.0 Å². The van der Waals surface area contributed by atoms with Gasteiger partial charge in [0.2, 0.25) is 0 Å². The van der Waals surface area contributed by atoms with Gasteiger partial charge in [0.05, 0.1) is 25.1 Å². The Bertz CT molecular complexity index is 1080. The first-order valence-corrected chi connectivity index (χ1v) is 12.8. The fraction of sp³-hybridized carbons (Fsp3) is 0.304. The Hall–Kier alpha value is -1.42. The first-order valence-electron chi connectivity index (χ1n) is 10.2. The van der Waals surface area contributed by atoms with Gasteiger partial charge in [0, 0.05) is 13.1 Å². The van der Waals surface area contributed by atoms with Crippen LogP contribution in [0.5, 0.6) is 11.5 Å². The molecule has 0 aromatic heterocycles. The lowest BCUT2D eigenvalue weighted by molar-refractivity contribution is -0.122. The molecule has 0 N–H and O–H groups in total. The number of carbonyl (C=O) groups is 1.